The predicted octanol–water partition coefficient (Wildman–Crippen LogP) is 3.28. The van der Waals surface area contributed by atoms with Crippen LogP contribution in [-0.4, -0.2) is 27.5 Å². The first-order chi connectivity index (χ1) is 8.99. The Labute approximate surface area is 125 Å². The molecule has 1 atom stereocenters. The highest BCUT2D eigenvalue weighted by atomic mass is 32.1. The minimum Gasteiger partial charge on any atom is -0.389 e. The van der Waals surface area contributed by atoms with Crippen molar-refractivity contribution >= 4 is 28.5 Å². The van der Waals surface area contributed by atoms with Crippen LogP contribution in [0.25, 0.3) is 0 Å². The third-order valence-electron chi connectivity index (χ3n) is 3.75. The average Bonchev–Trinajstić information content (AvgIpc) is 2.76. The van der Waals surface area contributed by atoms with Crippen molar-refractivity contribution in [3.8, 4) is 0 Å². The van der Waals surface area contributed by atoms with Gasteiger partial charge in [-0.1, -0.05) is 32.5 Å². The number of rotatable bonds is 4. The van der Waals surface area contributed by atoms with E-state index >= 15 is 0 Å². The first-order valence-corrected chi connectivity index (χ1v) is 8.25. The van der Waals surface area contributed by atoms with Gasteiger partial charge >= 0.3 is 0 Å². The van der Waals surface area contributed by atoms with Crippen LogP contribution in [-0.2, 0) is 6.54 Å². The fourth-order valence-corrected chi connectivity index (χ4v) is 3.91. The number of hydrogen-bond acceptors (Lipinski definition) is 4. The molecule has 2 rings (SSSR count). The number of likely N-dealkylation sites (tertiary alicyclic amines) is 1. The van der Waals surface area contributed by atoms with Gasteiger partial charge in [0.05, 0.1) is 17.1 Å². The van der Waals surface area contributed by atoms with Crippen LogP contribution >= 0.6 is 23.6 Å². The van der Waals surface area contributed by atoms with Gasteiger partial charge in [-0.25, -0.2) is 4.98 Å². The molecule has 0 bridgehead atoms. The topological polar surface area (TPSA) is 42.2 Å². The first-order valence-electron chi connectivity index (χ1n) is 7.02. The van der Waals surface area contributed by atoms with Crippen LogP contribution in [0.3, 0.4) is 0 Å². The summed E-state index contributed by atoms with van der Waals surface area (Å²) in [6, 6.07) is 0.661. The van der Waals surface area contributed by atoms with Gasteiger partial charge in [0.1, 0.15) is 10.00 Å². The number of hydrogen-bond donors (Lipinski definition) is 1. The van der Waals surface area contributed by atoms with Crippen molar-refractivity contribution in [2.45, 2.75) is 58.5 Å². The van der Waals surface area contributed by atoms with E-state index in [2.05, 4.69) is 25.7 Å². The zero-order valence-corrected chi connectivity index (χ0v) is 13.6. The molecule has 0 amide bonds. The maximum atomic E-state index is 5.81. The van der Waals surface area contributed by atoms with Crippen molar-refractivity contribution in [1.29, 1.82) is 0 Å². The monoisotopic (exact) mass is 297 g/mol. The third kappa shape index (κ3) is 3.52. The zero-order chi connectivity index (χ0) is 14.0. The van der Waals surface area contributed by atoms with Gasteiger partial charge in [-0.3, -0.25) is 4.90 Å². The van der Waals surface area contributed by atoms with Gasteiger partial charge in [0, 0.05) is 6.04 Å². The lowest BCUT2D eigenvalue weighted by atomic mass is 10.0. The lowest BCUT2D eigenvalue weighted by molar-refractivity contribution is 0.152. The van der Waals surface area contributed by atoms with E-state index in [0.717, 1.165) is 22.1 Å². The summed E-state index contributed by atoms with van der Waals surface area (Å²) in [4.78, 5) is 8.78. The largest absolute Gasteiger partial charge is 0.389 e. The number of piperidine rings is 1. The number of aromatic nitrogens is 1. The second-order valence-electron chi connectivity index (χ2n) is 5.66. The van der Waals surface area contributed by atoms with Crippen molar-refractivity contribution in [1.82, 2.24) is 9.88 Å². The molecule has 1 saturated heterocycles. The summed E-state index contributed by atoms with van der Waals surface area (Å²) < 4.78 is 0. The Balaban J connectivity index is 2.16. The van der Waals surface area contributed by atoms with Crippen LogP contribution in [0.4, 0.5) is 0 Å². The van der Waals surface area contributed by atoms with Gasteiger partial charge in [0.15, 0.2) is 0 Å². The summed E-state index contributed by atoms with van der Waals surface area (Å²) in [5.74, 6) is 0.375. The summed E-state index contributed by atoms with van der Waals surface area (Å²) in [5, 5.41) is 1.15. The highest BCUT2D eigenvalue weighted by Gasteiger charge is 2.22. The number of thiocarbonyl (C=S) groups is 1. The second kappa shape index (κ2) is 6.29. The molecule has 19 heavy (non-hydrogen) atoms. The SMILES string of the molecule is CC(C)c1nc(CN2CCCCC2C)sc1C(N)=S. The van der Waals surface area contributed by atoms with E-state index < -0.39 is 0 Å². The van der Waals surface area contributed by atoms with Gasteiger partial charge in [0.25, 0.3) is 0 Å². The minimum atomic E-state index is 0.375. The second-order valence-corrected chi connectivity index (χ2v) is 7.18. The molecule has 0 aromatic carbocycles. The van der Waals surface area contributed by atoms with Gasteiger partial charge < -0.3 is 5.73 Å². The fraction of sp³-hybridized carbons (Fsp3) is 0.714. The molecule has 0 aliphatic carbocycles. The van der Waals surface area contributed by atoms with Gasteiger partial charge in [-0.2, -0.15) is 0 Å². The Kier molecular flexibility index (Phi) is 4.92. The molecule has 106 valence electrons. The number of nitrogens with zero attached hydrogens (tertiary/aromatic N) is 2. The van der Waals surface area contributed by atoms with Crippen LogP contribution in [0.5, 0.6) is 0 Å². The van der Waals surface area contributed by atoms with Crippen LogP contribution in [0.2, 0.25) is 0 Å². The van der Waals surface area contributed by atoms with Crippen LogP contribution < -0.4 is 5.73 Å². The molecule has 0 saturated carbocycles. The van der Waals surface area contributed by atoms with E-state index in [1.165, 1.54) is 25.8 Å². The summed E-state index contributed by atoms with van der Waals surface area (Å²) in [7, 11) is 0. The van der Waals surface area contributed by atoms with Crippen molar-refractivity contribution in [2.75, 3.05) is 6.54 Å². The van der Waals surface area contributed by atoms with Crippen molar-refractivity contribution in [2.24, 2.45) is 5.73 Å². The highest BCUT2D eigenvalue weighted by molar-refractivity contribution is 7.81. The average molecular weight is 297 g/mol. The van der Waals surface area contributed by atoms with E-state index in [0.29, 0.717) is 16.9 Å². The van der Waals surface area contributed by atoms with Crippen molar-refractivity contribution < 1.29 is 0 Å². The lowest BCUT2D eigenvalue weighted by Crippen LogP contribution is -2.36. The van der Waals surface area contributed by atoms with Gasteiger partial charge in [-0.05, 0) is 32.2 Å². The third-order valence-corrected chi connectivity index (χ3v) is 5.17. The summed E-state index contributed by atoms with van der Waals surface area (Å²) in [6.07, 6.45) is 3.95. The zero-order valence-electron chi connectivity index (χ0n) is 12.0. The van der Waals surface area contributed by atoms with Crippen molar-refractivity contribution in [3.05, 3.63) is 15.6 Å². The van der Waals surface area contributed by atoms with Gasteiger partial charge in [0.2, 0.25) is 0 Å². The number of nitrogens with two attached hydrogens (primary N) is 1. The molecule has 5 heteroatoms. The summed E-state index contributed by atoms with van der Waals surface area (Å²) in [5.41, 5.74) is 6.88. The Morgan fingerprint density at radius 3 is 2.79 bits per heavy atom. The molecule has 1 aromatic heterocycles. The molecule has 0 radical (unpaired) electrons. The molecule has 1 aromatic rings. The predicted molar refractivity (Wildman–Crippen MR) is 85.8 cm³/mol. The fourth-order valence-electron chi connectivity index (χ4n) is 2.58. The summed E-state index contributed by atoms with van der Waals surface area (Å²) in [6.45, 7) is 8.72. The Hall–Kier alpha value is -0.520. The van der Waals surface area contributed by atoms with E-state index in [9.17, 15) is 0 Å². The Morgan fingerprint density at radius 2 is 2.26 bits per heavy atom. The van der Waals surface area contributed by atoms with E-state index in [1.54, 1.807) is 11.3 Å². The normalized spacial score (nSPS) is 20.9. The maximum absolute atomic E-state index is 5.81. The minimum absolute atomic E-state index is 0.375. The Morgan fingerprint density at radius 1 is 1.53 bits per heavy atom. The molecular formula is C14H23N3S2. The lowest BCUT2D eigenvalue weighted by Gasteiger charge is -2.32. The molecule has 0 spiro atoms. The molecule has 1 unspecified atom stereocenters. The number of thiazole rings is 1. The molecule has 1 aliphatic heterocycles. The van der Waals surface area contributed by atoms with E-state index in [-0.39, 0.29) is 0 Å². The molecule has 3 nitrogen and oxygen atoms in total. The smallest absolute Gasteiger partial charge is 0.116 e. The molecule has 2 N–H and O–H groups in total. The maximum Gasteiger partial charge on any atom is 0.116 e. The quantitative estimate of drug-likeness (QED) is 0.866. The van der Waals surface area contributed by atoms with Crippen molar-refractivity contribution in [3.63, 3.8) is 0 Å². The summed E-state index contributed by atoms with van der Waals surface area (Å²) >= 11 is 6.82. The molecule has 2 heterocycles. The van der Waals surface area contributed by atoms with Crippen LogP contribution in [0, 0.1) is 0 Å². The first kappa shape index (κ1) is 14.9. The van der Waals surface area contributed by atoms with Gasteiger partial charge in [-0.15, -0.1) is 11.3 Å². The van der Waals surface area contributed by atoms with Crippen LogP contribution in [0.15, 0.2) is 0 Å². The highest BCUT2D eigenvalue weighted by Crippen LogP contribution is 2.27. The molecular weight excluding hydrogens is 274 g/mol. The standard InChI is InChI=1S/C14H23N3S2/c1-9(2)12-13(14(15)18)19-11(16-12)8-17-7-5-4-6-10(17)3/h9-10H,4-8H2,1-3H3,(H2,15,18). The molecule has 1 aliphatic rings. The van der Waals surface area contributed by atoms with E-state index in [1.807, 2.05) is 0 Å². The van der Waals surface area contributed by atoms with E-state index in [4.69, 9.17) is 22.9 Å². The Bertz CT molecular complexity index is 454. The molecule has 1 fully saturated rings. The van der Waals surface area contributed by atoms with Crippen LogP contribution in [0.1, 0.15) is 61.5 Å².